The van der Waals surface area contributed by atoms with Gasteiger partial charge in [-0.1, -0.05) is 23.7 Å². The molecule has 1 fully saturated rings. The summed E-state index contributed by atoms with van der Waals surface area (Å²) in [7, 11) is -0.538. The van der Waals surface area contributed by atoms with E-state index in [1.54, 1.807) is 6.20 Å². The maximum Gasteiger partial charge on any atom is 0.515 e. The topological polar surface area (TPSA) is 44.5 Å². The summed E-state index contributed by atoms with van der Waals surface area (Å²) in [6.45, 7) is 8.10. The maximum absolute atomic E-state index is 6.25. The van der Waals surface area contributed by atoms with Crippen LogP contribution in [0, 0.1) is 0 Å². The van der Waals surface area contributed by atoms with Gasteiger partial charge >= 0.3 is 7.12 Å². The van der Waals surface area contributed by atoms with Gasteiger partial charge in [-0.25, -0.2) is 0 Å². The lowest BCUT2D eigenvalue weighted by Crippen LogP contribution is -2.41. The Labute approximate surface area is 139 Å². The summed E-state index contributed by atoms with van der Waals surface area (Å²) in [4.78, 5) is 4.52. The van der Waals surface area contributed by atoms with Gasteiger partial charge in [0.15, 0.2) is 5.58 Å². The molecule has 1 aliphatic rings. The Bertz CT molecular complexity index is 903. The predicted octanol–water partition coefficient (Wildman–Crippen LogP) is 3.93. The zero-order valence-electron chi connectivity index (χ0n) is 13.5. The number of furan rings is 1. The lowest BCUT2D eigenvalue weighted by Gasteiger charge is -2.32. The van der Waals surface area contributed by atoms with E-state index in [9.17, 15) is 0 Å². The summed E-state index contributed by atoms with van der Waals surface area (Å²) in [6.07, 6.45) is 1.71. The number of rotatable bonds is 1. The number of hydrogen-bond donors (Lipinski definition) is 0. The number of fused-ring (bicyclic) bond motifs is 3. The minimum absolute atomic E-state index is 0.418. The summed E-state index contributed by atoms with van der Waals surface area (Å²) < 4.78 is 18.2. The fraction of sp³-hybridized carbons (Fsp3) is 0.353. The lowest BCUT2D eigenvalue weighted by atomic mass is 9.81. The van der Waals surface area contributed by atoms with E-state index in [1.165, 1.54) is 0 Å². The summed E-state index contributed by atoms with van der Waals surface area (Å²) in [5, 5.41) is 2.40. The molecule has 1 saturated heterocycles. The molecule has 0 saturated carbocycles. The van der Waals surface area contributed by atoms with Gasteiger partial charge in [0, 0.05) is 17.0 Å². The molecule has 0 aliphatic carbocycles. The second-order valence-corrected chi connectivity index (χ2v) is 7.28. The summed E-state index contributed by atoms with van der Waals surface area (Å²) >= 11 is 6.25. The Morgan fingerprint density at radius 2 is 1.74 bits per heavy atom. The van der Waals surface area contributed by atoms with E-state index in [0.29, 0.717) is 10.6 Å². The van der Waals surface area contributed by atoms with E-state index < -0.39 is 18.3 Å². The summed E-state index contributed by atoms with van der Waals surface area (Å²) in [5.41, 5.74) is 1.28. The molecule has 1 aromatic carbocycles. The molecular formula is C17H17BClNO3. The van der Waals surface area contributed by atoms with Crippen LogP contribution in [0.5, 0.6) is 0 Å². The SMILES string of the molecule is CC1(C)OB(c2nccc3oc4c(Cl)cccc4c23)OC1(C)C. The first-order chi connectivity index (χ1) is 10.8. The Morgan fingerprint density at radius 3 is 2.43 bits per heavy atom. The second-order valence-electron chi connectivity index (χ2n) is 6.88. The molecule has 0 radical (unpaired) electrons. The van der Waals surface area contributed by atoms with Crippen molar-refractivity contribution >= 4 is 46.3 Å². The molecule has 0 N–H and O–H groups in total. The zero-order chi connectivity index (χ0) is 16.4. The molecule has 2 aromatic heterocycles. The van der Waals surface area contributed by atoms with Gasteiger partial charge < -0.3 is 13.7 Å². The Morgan fingerprint density at radius 1 is 1.04 bits per heavy atom. The van der Waals surface area contributed by atoms with Gasteiger partial charge in [0.25, 0.3) is 0 Å². The monoisotopic (exact) mass is 329 g/mol. The number of nitrogens with zero attached hydrogens (tertiary/aromatic N) is 1. The number of halogens is 1. The number of pyridine rings is 1. The van der Waals surface area contributed by atoms with Crippen molar-refractivity contribution < 1.29 is 13.7 Å². The van der Waals surface area contributed by atoms with Crippen LogP contribution in [0.25, 0.3) is 21.9 Å². The van der Waals surface area contributed by atoms with Crippen molar-refractivity contribution in [1.82, 2.24) is 4.98 Å². The van der Waals surface area contributed by atoms with E-state index in [4.69, 9.17) is 25.3 Å². The van der Waals surface area contributed by atoms with Gasteiger partial charge in [0.2, 0.25) is 0 Å². The van der Waals surface area contributed by atoms with Crippen LogP contribution in [-0.4, -0.2) is 23.3 Å². The van der Waals surface area contributed by atoms with Gasteiger partial charge in [0.1, 0.15) is 5.58 Å². The normalized spacial score (nSPS) is 19.8. The van der Waals surface area contributed by atoms with Crippen molar-refractivity contribution in [2.45, 2.75) is 38.9 Å². The quantitative estimate of drug-likeness (QED) is 0.634. The van der Waals surface area contributed by atoms with E-state index in [0.717, 1.165) is 21.9 Å². The number of aromatic nitrogens is 1. The highest BCUT2D eigenvalue weighted by atomic mass is 35.5. The number of hydrogen-bond acceptors (Lipinski definition) is 4. The Balaban J connectivity index is 1.95. The van der Waals surface area contributed by atoms with E-state index in [1.807, 2.05) is 52.0 Å². The van der Waals surface area contributed by atoms with Gasteiger partial charge in [-0.2, -0.15) is 0 Å². The smallest absolute Gasteiger partial charge is 0.454 e. The van der Waals surface area contributed by atoms with E-state index >= 15 is 0 Å². The largest absolute Gasteiger partial charge is 0.515 e. The lowest BCUT2D eigenvalue weighted by molar-refractivity contribution is 0.00578. The molecule has 0 atom stereocenters. The molecule has 3 heterocycles. The van der Waals surface area contributed by atoms with Crippen molar-refractivity contribution in [3.05, 3.63) is 35.5 Å². The molecule has 23 heavy (non-hydrogen) atoms. The molecular weight excluding hydrogens is 312 g/mol. The third-order valence-electron chi connectivity index (χ3n) is 4.87. The number of benzene rings is 1. The van der Waals surface area contributed by atoms with Gasteiger partial charge in [0.05, 0.1) is 21.8 Å². The highest BCUT2D eigenvalue weighted by Crippen LogP contribution is 2.38. The molecule has 0 amide bonds. The van der Waals surface area contributed by atoms with Crippen LogP contribution in [0.2, 0.25) is 5.02 Å². The van der Waals surface area contributed by atoms with Crippen molar-refractivity contribution in [2.75, 3.05) is 0 Å². The highest BCUT2D eigenvalue weighted by molar-refractivity contribution is 6.65. The molecule has 4 rings (SSSR count). The summed E-state index contributed by atoms with van der Waals surface area (Å²) in [5.74, 6) is 0. The minimum Gasteiger partial charge on any atom is -0.454 e. The van der Waals surface area contributed by atoms with Crippen LogP contribution >= 0.6 is 11.6 Å². The molecule has 6 heteroatoms. The standard InChI is InChI=1S/C17H17BClNO3/c1-16(2)17(3,4)23-18(22-16)15-13-10-6-5-7-11(19)14(10)21-12(13)8-9-20-15/h5-9H,1-4H3. The maximum atomic E-state index is 6.25. The van der Waals surface area contributed by atoms with Gasteiger partial charge in [-0.3, -0.25) is 4.98 Å². The van der Waals surface area contributed by atoms with Crippen molar-refractivity contribution in [2.24, 2.45) is 0 Å². The fourth-order valence-corrected chi connectivity index (χ4v) is 3.08. The second kappa shape index (κ2) is 4.73. The molecule has 0 bridgehead atoms. The van der Waals surface area contributed by atoms with Crippen LogP contribution in [0.1, 0.15) is 27.7 Å². The van der Waals surface area contributed by atoms with Crippen LogP contribution in [0.4, 0.5) is 0 Å². The highest BCUT2D eigenvalue weighted by Gasteiger charge is 2.53. The van der Waals surface area contributed by atoms with Crippen molar-refractivity contribution in [3.63, 3.8) is 0 Å². The first-order valence-electron chi connectivity index (χ1n) is 7.61. The van der Waals surface area contributed by atoms with Crippen molar-refractivity contribution in [3.8, 4) is 0 Å². The molecule has 0 spiro atoms. The van der Waals surface area contributed by atoms with Crippen LogP contribution in [0.3, 0.4) is 0 Å². The first kappa shape index (κ1) is 15.0. The fourth-order valence-electron chi connectivity index (χ4n) is 2.87. The molecule has 4 nitrogen and oxygen atoms in total. The molecule has 1 aliphatic heterocycles. The van der Waals surface area contributed by atoms with Crippen molar-refractivity contribution in [1.29, 1.82) is 0 Å². The van der Waals surface area contributed by atoms with Gasteiger partial charge in [-0.15, -0.1) is 0 Å². The number of para-hydroxylation sites is 1. The molecule has 0 unspecified atom stereocenters. The minimum atomic E-state index is -0.538. The molecule has 118 valence electrons. The Hall–Kier alpha value is -1.56. The first-order valence-corrected chi connectivity index (χ1v) is 7.99. The van der Waals surface area contributed by atoms with E-state index in [2.05, 4.69) is 4.98 Å². The predicted molar refractivity (Wildman–Crippen MR) is 92.2 cm³/mol. The van der Waals surface area contributed by atoms with Crippen LogP contribution < -0.4 is 5.59 Å². The third kappa shape index (κ3) is 2.11. The van der Waals surface area contributed by atoms with E-state index in [-0.39, 0.29) is 0 Å². The van der Waals surface area contributed by atoms with Crippen LogP contribution in [-0.2, 0) is 9.31 Å². The Kier molecular flexibility index (Phi) is 3.08. The average molecular weight is 330 g/mol. The molecule has 3 aromatic rings. The van der Waals surface area contributed by atoms with Crippen LogP contribution in [0.15, 0.2) is 34.9 Å². The average Bonchev–Trinajstić information content (AvgIpc) is 2.95. The van der Waals surface area contributed by atoms with Gasteiger partial charge in [-0.05, 0) is 39.8 Å². The zero-order valence-corrected chi connectivity index (χ0v) is 14.3. The summed E-state index contributed by atoms with van der Waals surface area (Å²) in [6, 6.07) is 7.53. The third-order valence-corrected chi connectivity index (χ3v) is 5.16.